The zero-order valence-corrected chi connectivity index (χ0v) is 11.8. The smallest absolute Gasteiger partial charge is 0.223 e. The van der Waals surface area contributed by atoms with Crippen molar-refractivity contribution in [3.05, 3.63) is 6.07 Å². The van der Waals surface area contributed by atoms with Crippen LogP contribution in [0.3, 0.4) is 0 Å². The number of nitrogen functional groups attached to an aromatic ring is 1. The van der Waals surface area contributed by atoms with Crippen molar-refractivity contribution in [1.29, 1.82) is 0 Å². The number of hydrogen-bond donors (Lipinski definition) is 3. The minimum absolute atomic E-state index is 0.313. The summed E-state index contributed by atoms with van der Waals surface area (Å²) in [6.07, 6.45) is 3.45. The standard InChI is InChI=1S/C13H24N6/c1-3-6-15-11-8-12(18-13(14)17-11)16-10-5-4-7-19(2)9-10/h8,10H,3-7,9H2,1-2H3,(H4,14,15,16,17,18). The van der Waals surface area contributed by atoms with E-state index in [-0.39, 0.29) is 0 Å². The molecule has 19 heavy (non-hydrogen) atoms. The first kappa shape index (κ1) is 13.9. The van der Waals surface area contributed by atoms with Gasteiger partial charge in [-0.25, -0.2) is 0 Å². The summed E-state index contributed by atoms with van der Waals surface area (Å²) in [4.78, 5) is 10.8. The molecule has 0 spiro atoms. The summed E-state index contributed by atoms with van der Waals surface area (Å²) >= 11 is 0. The quantitative estimate of drug-likeness (QED) is 0.746. The fourth-order valence-electron chi connectivity index (χ4n) is 2.38. The lowest BCUT2D eigenvalue weighted by atomic mass is 10.1. The van der Waals surface area contributed by atoms with E-state index in [1.165, 1.54) is 19.4 Å². The second kappa shape index (κ2) is 6.56. The van der Waals surface area contributed by atoms with Crippen LogP contribution < -0.4 is 16.4 Å². The summed E-state index contributed by atoms with van der Waals surface area (Å²) < 4.78 is 0. The van der Waals surface area contributed by atoms with E-state index in [1.807, 2.05) is 6.07 Å². The second-order valence-corrected chi connectivity index (χ2v) is 5.17. The fraction of sp³-hybridized carbons (Fsp3) is 0.692. The van der Waals surface area contributed by atoms with Crippen molar-refractivity contribution < 1.29 is 0 Å². The Morgan fingerprint density at radius 2 is 2.21 bits per heavy atom. The lowest BCUT2D eigenvalue weighted by Crippen LogP contribution is -2.39. The molecule has 1 atom stereocenters. The van der Waals surface area contributed by atoms with Gasteiger partial charge in [-0.1, -0.05) is 6.92 Å². The van der Waals surface area contributed by atoms with Crippen LogP contribution in [0.25, 0.3) is 0 Å². The van der Waals surface area contributed by atoms with Gasteiger partial charge >= 0.3 is 0 Å². The molecule has 6 nitrogen and oxygen atoms in total. The number of anilines is 3. The molecule has 0 bridgehead atoms. The van der Waals surface area contributed by atoms with Gasteiger partial charge in [-0.05, 0) is 32.9 Å². The SMILES string of the molecule is CCCNc1cc(NC2CCCN(C)C2)nc(N)n1. The van der Waals surface area contributed by atoms with E-state index in [2.05, 4.69) is 39.5 Å². The fourth-order valence-corrected chi connectivity index (χ4v) is 2.38. The summed E-state index contributed by atoms with van der Waals surface area (Å²) in [7, 11) is 2.15. The maximum atomic E-state index is 5.75. The van der Waals surface area contributed by atoms with Gasteiger partial charge in [0.1, 0.15) is 11.6 Å². The van der Waals surface area contributed by atoms with Crippen LogP contribution in [-0.2, 0) is 0 Å². The van der Waals surface area contributed by atoms with Gasteiger partial charge in [-0.15, -0.1) is 0 Å². The van der Waals surface area contributed by atoms with Gasteiger partial charge < -0.3 is 21.3 Å². The number of nitrogens with one attached hydrogen (secondary N) is 2. The molecule has 4 N–H and O–H groups in total. The zero-order chi connectivity index (χ0) is 13.7. The van der Waals surface area contributed by atoms with Crippen molar-refractivity contribution in [3.63, 3.8) is 0 Å². The zero-order valence-electron chi connectivity index (χ0n) is 11.8. The van der Waals surface area contributed by atoms with Crippen LogP contribution in [0.1, 0.15) is 26.2 Å². The molecule has 0 radical (unpaired) electrons. The van der Waals surface area contributed by atoms with E-state index >= 15 is 0 Å². The average Bonchev–Trinajstić information content (AvgIpc) is 2.35. The lowest BCUT2D eigenvalue weighted by molar-refractivity contribution is 0.261. The Bertz CT molecular complexity index is 408. The van der Waals surface area contributed by atoms with Crippen LogP contribution in [0.2, 0.25) is 0 Å². The number of likely N-dealkylation sites (tertiary alicyclic amines) is 1. The van der Waals surface area contributed by atoms with Crippen LogP contribution >= 0.6 is 0 Å². The van der Waals surface area contributed by atoms with Crippen molar-refractivity contribution in [1.82, 2.24) is 14.9 Å². The molecule has 1 aromatic rings. The largest absolute Gasteiger partial charge is 0.370 e. The van der Waals surface area contributed by atoms with Crippen molar-refractivity contribution >= 4 is 17.6 Å². The molecular formula is C13H24N6. The van der Waals surface area contributed by atoms with E-state index < -0.39 is 0 Å². The van der Waals surface area contributed by atoms with E-state index in [4.69, 9.17) is 5.73 Å². The molecule has 1 saturated heterocycles. The van der Waals surface area contributed by atoms with Gasteiger partial charge in [0, 0.05) is 25.2 Å². The van der Waals surface area contributed by atoms with Crippen molar-refractivity contribution in [3.8, 4) is 0 Å². The number of piperidine rings is 1. The van der Waals surface area contributed by atoms with Crippen molar-refractivity contribution in [2.24, 2.45) is 0 Å². The van der Waals surface area contributed by atoms with Gasteiger partial charge in [0.25, 0.3) is 0 Å². The van der Waals surface area contributed by atoms with Crippen LogP contribution in [0.15, 0.2) is 6.07 Å². The third kappa shape index (κ3) is 4.24. The van der Waals surface area contributed by atoms with Crippen molar-refractivity contribution in [2.75, 3.05) is 43.0 Å². The summed E-state index contributed by atoms with van der Waals surface area (Å²) in [5.41, 5.74) is 5.75. The highest BCUT2D eigenvalue weighted by molar-refractivity contribution is 5.51. The molecule has 2 heterocycles. The molecule has 106 valence electrons. The topological polar surface area (TPSA) is 79.1 Å². The van der Waals surface area contributed by atoms with Crippen LogP contribution in [0, 0.1) is 0 Å². The molecule has 0 amide bonds. The maximum absolute atomic E-state index is 5.75. The summed E-state index contributed by atoms with van der Waals surface area (Å²) in [5, 5.41) is 6.70. The number of nitrogens with zero attached hydrogens (tertiary/aromatic N) is 3. The highest BCUT2D eigenvalue weighted by Gasteiger charge is 2.17. The minimum Gasteiger partial charge on any atom is -0.370 e. The van der Waals surface area contributed by atoms with E-state index in [1.54, 1.807) is 0 Å². The molecule has 2 rings (SSSR count). The molecule has 1 aromatic heterocycles. The summed E-state index contributed by atoms with van der Waals surface area (Å²) in [6, 6.07) is 2.37. The maximum Gasteiger partial charge on any atom is 0.223 e. The Labute approximate surface area is 114 Å². The van der Waals surface area contributed by atoms with Gasteiger partial charge in [-0.2, -0.15) is 9.97 Å². The highest BCUT2D eigenvalue weighted by atomic mass is 15.2. The third-order valence-electron chi connectivity index (χ3n) is 3.28. The molecule has 0 saturated carbocycles. The second-order valence-electron chi connectivity index (χ2n) is 5.17. The number of rotatable bonds is 5. The normalized spacial score (nSPS) is 20.2. The lowest BCUT2D eigenvalue weighted by Gasteiger charge is -2.30. The molecule has 6 heteroatoms. The molecule has 0 aliphatic carbocycles. The number of nitrogens with two attached hydrogens (primary N) is 1. The van der Waals surface area contributed by atoms with Gasteiger partial charge in [0.2, 0.25) is 5.95 Å². The molecule has 1 aliphatic heterocycles. The Morgan fingerprint density at radius 1 is 1.42 bits per heavy atom. The Balaban J connectivity index is 2.00. The van der Waals surface area contributed by atoms with Crippen LogP contribution in [0.4, 0.5) is 17.6 Å². The van der Waals surface area contributed by atoms with Crippen LogP contribution in [-0.4, -0.2) is 47.6 Å². The van der Waals surface area contributed by atoms with Gasteiger partial charge in [-0.3, -0.25) is 0 Å². The van der Waals surface area contributed by atoms with Crippen LogP contribution in [0.5, 0.6) is 0 Å². The van der Waals surface area contributed by atoms with E-state index in [0.29, 0.717) is 12.0 Å². The Hall–Kier alpha value is -1.56. The first-order chi connectivity index (χ1) is 9.17. The molecule has 1 fully saturated rings. The summed E-state index contributed by atoms with van der Waals surface area (Å²) in [6.45, 7) is 5.23. The Kier molecular flexibility index (Phi) is 4.79. The summed E-state index contributed by atoms with van der Waals surface area (Å²) in [5.74, 6) is 1.92. The van der Waals surface area contributed by atoms with Crippen molar-refractivity contribution in [2.45, 2.75) is 32.2 Å². The van der Waals surface area contributed by atoms with Gasteiger partial charge in [0.15, 0.2) is 0 Å². The minimum atomic E-state index is 0.313. The van der Waals surface area contributed by atoms with Gasteiger partial charge in [0.05, 0.1) is 0 Å². The molecule has 0 aromatic carbocycles. The monoisotopic (exact) mass is 264 g/mol. The average molecular weight is 264 g/mol. The first-order valence-electron chi connectivity index (χ1n) is 7.01. The number of likely N-dealkylation sites (N-methyl/N-ethyl adjacent to an activating group) is 1. The molecular weight excluding hydrogens is 240 g/mol. The van der Waals surface area contributed by atoms with E-state index in [0.717, 1.165) is 31.1 Å². The Morgan fingerprint density at radius 3 is 2.95 bits per heavy atom. The third-order valence-corrected chi connectivity index (χ3v) is 3.28. The predicted molar refractivity (Wildman–Crippen MR) is 79.4 cm³/mol. The predicted octanol–water partition coefficient (Wildman–Crippen LogP) is 1.39. The molecule has 1 aliphatic rings. The first-order valence-corrected chi connectivity index (χ1v) is 7.01. The highest BCUT2D eigenvalue weighted by Crippen LogP contribution is 2.17. The van der Waals surface area contributed by atoms with E-state index in [9.17, 15) is 0 Å². The molecule has 1 unspecified atom stereocenters. The number of hydrogen-bond acceptors (Lipinski definition) is 6. The number of aromatic nitrogens is 2.